The van der Waals surface area contributed by atoms with E-state index < -0.39 is 0 Å². The first-order chi connectivity index (χ1) is 12.6. The lowest BCUT2D eigenvalue weighted by molar-refractivity contribution is 0.0963. The van der Waals surface area contributed by atoms with Gasteiger partial charge in [-0.15, -0.1) is 0 Å². The van der Waals surface area contributed by atoms with Gasteiger partial charge >= 0.3 is 0 Å². The van der Waals surface area contributed by atoms with Crippen molar-refractivity contribution in [1.29, 1.82) is 0 Å². The van der Waals surface area contributed by atoms with Gasteiger partial charge in [0, 0.05) is 18.0 Å². The number of benzene rings is 2. The summed E-state index contributed by atoms with van der Waals surface area (Å²) < 4.78 is 4.72. The third kappa shape index (κ3) is 2.73. The highest BCUT2D eigenvalue weighted by Gasteiger charge is 2.12. The molecule has 0 aliphatic rings. The van der Waals surface area contributed by atoms with Crippen LogP contribution in [-0.2, 0) is 6.54 Å². The third-order valence-corrected chi connectivity index (χ3v) is 4.93. The Hall–Kier alpha value is -2.84. The van der Waals surface area contributed by atoms with Crippen molar-refractivity contribution in [3.8, 4) is 0 Å². The van der Waals surface area contributed by atoms with Crippen molar-refractivity contribution in [1.82, 2.24) is 24.5 Å². The molecule has 2 aromatic heterocycles. The van der Waals surface area contributed by atoms with E-state index in [-0.39, 0.29) is 5.91 Å². The SMILES string of the molecule is CNC(=O)c1ccc2c(=S)n3[nH]c(=S)n(Cc4ccccc4)c3nc2c1. The fraction of sp³-hybridized carbons (Fsp3) is 0.111. The average molecular weight is 381 g/mol. The fourth-order valence-corrected chi connectivity index (χ4v) is 3.43. The Morgan fingerprint density at radius 1 is 1.19 bits per heavy atom. The minimum atomic E-state index is -0.164. The van der Waals surface area contributed by atoms with Crippen LogP contribution < -0.4 is 5.32 Å². The minimum absolute atomic E-state index is 0.164. The number of aromatic amines is 1. The maximum Gasteiger partial charge on any atom is 0.251 e. The summed E-state index contributed by atoms with van der Waals surface area (Å²) >= 11 is 11.1. The fourth-order valence-electron chi connectivity index (χ4n) is 2.90. The van der Waals surface area contributed by atoms with Crippen LogP contribution in [0.1, 0.15) is 15.9 Å². The van der Waals surface area contributed by atoms with E-state index >= 15 is 0 Å². The lowest BCUT2D eigenvalue weighted by atomic mass is 10.1. The van der Waals surface area contributed by atoms with Gasteiger partial charge < -0.3 is 5.32 Å². The Kier molecular flexibility index (Phi) is 4.14. The van der Waals surface area contributed by atoms with Crippen LogP contribution in [0.2, 0.25) is 0 Å². The molecule has 0 aliphatic carbocycles. The largest absolute Gasteiger partial charge is 0.355 e. The molecule has 0 saturated heterocycles. The molecule has 0 bridgehead atoms. The molecular formula is C18H15N5OS2. The first-order valence-electron chi connectivity index (χ1n) is 8.00. The van der Waals surface area contributed by atoms with E-state index in [1.54, 1.807) is 23.7 Å². The number of carbonyl (C=O) groups is 1. The number of fused-ring (bicyclic) bond motifs is 2. The van der Waals surface area contributed by atoms with E-state index in [0.29, 0.717) is 32.8 Å². The van der Waals surface area contributed by atoms with Gasteiger partial charge in [0.2, 0.25) is 5.78 Å². The summed E-state index contributed by atoms with van der Waals surface area (Å²) in [6, 6.07) is 15.3. The quantitative estimate of drug-likeness (QED) is 0.533. The van der Waals surface area contributed by atoms with Crippen molar-refractivity contribution in [3.63, 3.8) is 0 Å². The number of hydrogen-bond acceptors (Lipinski definition) is 4. The molecule has 0 atom stereocenters. The molecular weight excluding hydrogens is 366 g/mol. The number of hydrogen-bond donors (Lipinski definition) is 2. The smallest absolute Gasteiger partial charge is 0.251 e. The van der Waals surface area contributed by atoms with Crippen LogP contribution in [0.15, 0.2) is 48.5 Å². The molecule has 0 radical (unpaired) electrons. The molecule has 8 heteroatoms. The van der Waals surface area contributed by atoms with Crippen LogP contribution in [-0.4, -0.2) is 32.1 Å². The Bertz CT molecular complexity index is 1250. The lowest BCUT2D eigenvalue weighted by Crippen LogP contribution is -2.17. The molecule has 0 spiro atoms. The Morgan fingerprint density at radius 3 is 2.69 bits per heavy atom. The molecule has 130 valence electrons. The molecule has 0 aliphatic heterocycles. The summed E-state index contributed by atoms with van der Waals surface area (Å²) in [6.07, 6.45) is 0. The van der Waals surface area contributed by atoms with E-state index in [2.05, 4.69) is 10.4 Å². The minimum Gasteiger partial charge on any atom is -0.355 e. The Balaban J connectivity index is 1.96. The van der Waals surface area contributed by atoms with E-state index in [1.165, 1.54) is 0 Å². The zero-order chi connectivity index (χ0) is 18.3. The highest BCUT2D eigenvalue weighted by Crippen LogP contribution is 2.18. The summed E-state index contributed by atoms with van der Waals surface area (Å²) in [5.41, 5.74) is 2.30. The van der Waals surface area contributed by atoms with Crippen LogP contribution in [0.25, 0.3) is 16.7 Å². The number of aromatic nitrogens is 4. The summed E-state index contributed by atoms with van der Waals surface area (Å²) in [6.45, 7) is 0.578. The van der Waals surface area contributed by atoms with E-state index in [9.17, 15) is 4.79 Å². The van der Waals surface area contributed by atoms with E-state index in [0.717, 1.165) is 10.9 Å². The standard InChI is InChI=1S/C18H15N5OS2/c1-19-15(24)12-7-8-13-14(9-12)20-17-22(10-11-5-3-2-4-6-11)18(26)21-23(17)16(13)25/h2-9H,10H2,1H3,(H,19,24)(H,21,26). The summed E-state index contributed by atoms with van der Waals surface area (Å²) in [7, 11) is 1.60. The van der Waals surface area contributed by atoms with Crippen molar-refractivity contribution in [2.75, 3.05) is 7.05 Å². The van der Waals surface area contributed by atoms with Gasteiger partial charge in [0.05, 0.1) is 12.1 Å². The zero-order valence-corrected chi connectivity index (χ0v) is 15.5. The monoisotopic (exact) mass is 381 g/mol. The second kappa shape index (κ2) is 6.47. The molecule has 6 nitrogen and oxygen atoms in total. The van der Waals surface area contributed by atoms with Crippen LogP contribution in [0.3, 0.4) is 0 Å². The number of rotatable bonds is 3. The van der Waals surface area contributed by atoms with Gasteiger partial charge in [-0.25, -0.2) is 9.50 Å². The number of nitrogens with zero attached hydrogens (tertiary/aromatic N) is 3. The van der Waals surface area contributed by atoms with Crippen LogP contribution in [0.5, 0.6) is 0 Å². The molecule has 2 aromatic carbocycles. The maximum absolute atomic E-state index is 11.9. The van der Waals surface area contributed by atoms with Crippen molar-refractivity contribution < 1.29 is 4.79 Å². The van der Waals surface area contributed by atoms with Crippen LogP contribution >= 0.6 is 24.4 Å². The van der Waals surface area contributed by atoms with Crippen LogP contribution in [0, 0.1) is 9.41 Å². The molecule has 4 aromatic rings. The van der Waals surface area contributed by atoms with Gasteiger partial charge in [-0.05, 0) is 36.0 Å². The normalized spacial score (nSPS) is 11.1. The highest BCUT2D eigenvalue weighted by molar-refractivity contribution is 7.71. The molecule has 0 unspecified atom stereocenters. The molecule has 2 N–H and O–H groups in total. The number of H-pyrrole nitrogens is 1. The van der Waals surface area contributed by atoms with Gasteiger partial charge in [0.1, 0.15) is 4.64 Å². The number of amides is 1. The molecule has 2 heterocycles. The summed E-state index contributed by atoms with van der Waals surface area (Å²) in [5.74, 6) is 0.452. The molecule has 0 saturated carbocycles. The van der Waals surface area contributed by atoms with Gasteiger partial charge in [-0.2, -0.15) is 0 Å². The van der Waals surface area contributed by atoms with Crippen molar-refractivity contribution in [2.24, 2.45) is 0 Å². The molecule has 1 amide bonds. The van der Waals surface area contributed by atoms with Gasteiger partial charge in [-0.3, -0.25) is 14.5 Å². The third-order valence-electron chi connectivity index (χ3n) is 4.22. The van der Waals surface area contributed by atoms with Gasteiger partial charge in [0.25, 0.3) is 5.91 Å². The number of carbonyl (C=O) groups excluding carboxylic acids is 1. The predicted molar refractivity (Wildman–Crippen MR) is 106 cm³/mol. The van der Waals surface area contributed by atoms with E-state index in [4.69, 9.17) is 29.4 Å². The summed E-state index contributed by atoms with van der Waals surface area (Å²) in [5, 5.41) is 6.51. The van der Waals surface area contributed by atoms with Gasteiger partial charge in [0.15, 0.2) is 4.77 Å². The molecule has 0 fully saturated rings. The maximum atomic E-state index is 11.9. The van der Waals surface area contributed by atoms with Crippen molar-refractivity contribution in [2.45, 2.75) is 6.54 Å². The average Bonchev–Trinajstić information content (AvgIpc) is 2.98. The van der Waals surface area contributed by atoms with E-state index in [1.807, 2.05) is 41.0 Å². The number of nitrogens with one attached hydrogen (secondary N) is 2. The first kappa shape index (κ1) is 16.6. The van der Waals surface area contributed by atoms with Crippen molar-refractivity contribution in [3.05, 3.63) is 69.1 Å². The highest BCUT2D eigenvalue weighted by atomic mass is 32.1. The predicted octanol–water partition coefficient (Wildman–Crippen LogP) is 3.48. The topological polar surface area (TPSA) is 67.1 Å². The molecule has 26 heavy (non-hydrogen) atoms. The Labute approximate surface area is 159 Å². The summed E-state index contributed by atoms with van der Waals surface area (Å²) in [4.78, 5) is 16.6. The Morgan fingerprint density at radius 2 is 1.96 bits per heavy atom. The van der Waals surface area contributed by atoms with Gasteiger partial charge in [-0.1, -0.05) is 42.5 Å². The first-order valence-corrected chi connectivity index (χ1v) is 8.81. The second-order valence-corrected chi connectivity index (χ2v) is 6.63. The lowest BCUT2D eigenvalue weighted by Gasteiger charge is -2.06. The van der Waals surface area contributed by atoms with Crippen LogP contribution in [0.4, 0.5) is 0 Å². The molecule has 4 rings (SSSR count). The second-order valence-electron chi connectivity index (χ2n) is 5.85. The zero-order valence-electron chi connectivity index (χ0n) is 13.9. The van der Waals surface area contributed by atoms with Crippen molar-refractivity contribution >= 4 is 47.0 Å².